The Bertz CT molecular complexity index is 3070. The fourth-order valence-electron chi connectivity index (χ4n) is 8.10. The summed E-state index contributed by atoms with van der Waals surface area (Å²) in [6.45, 7) is 0. The number of hydrogen-bond acceptors (Lipinski definition) is 2. The molecule has 0 aliphatic carbocycles. The van der Waals surface area contributed by atoms with Gasteiger partial charge in [0.25, 0.3) is 0 Å². The van der Waals surface area contributed by atoms with Crippen LogP contribution < -0.4 is 0 Å². The second-order valence-electron chi connectivity index (χ2n) is 12.8. The van der Waals surface area contributed by atoms with E-state index in [1.807, 2.05) is 12.1 Å². The molecule has 0 saturated carbocycles. The van der Waals surface area contributed by atoms with Gasteiger partial charge in [0.1, 0.15) is 22.3 Å². The summed E-state index contributed by atoms with van der Waals surface area (Å²) < 4.78 is 12.8. The zero-order chi connectivity index (χ0) is 31.3. The van der Waals surface area contributed by atoms with Crippen LogP contribution in [-0.4, -0.2) is 0 Å². The number of furan rings is 2. The van der Waals surface area contributed by atoms with E-state index in [9.17, 15) is 0 Å². The summed E-state index contributed by atoms with van der Waals surface area (Å²) in [5, 5.41) is 14.3. The Morgan fingerprint density at radius 2 is 0.875 bits per heavy atom. The molecule has 11 aromatic rings. The first kappa shape index (κ1) is 25.8. The Labute approximate surface area is 275 Å². The number of hydrogen-bond donors (Lipinski definition) is 0. The molecule has 0 spiro atoms. The largest absolute Gasteiger partial charge is 0.456 e. The van der Waals surface area contributed by atoms with E-state index in [4.69, 9.17) is 8.83 Å². The molecule has 0 fully saturated rings. The fourth-order valence-corrected chi connectivity index (χ4v) is 8.10. The van der Waals surface area contributed by atoms with Gasteiger partial charge in [0.15, 0.2) is 0 Å². The Morgan fingerprint density at radius 3 is 1.67 bits per heavy atom. The lowest BCUT2D eigenvalue weighted by Crippen LogP contribution is -1.89. The summed E-state index contributed by atoms with van der Waals surface area (Å²) in [6.07, 6.45) is 0. The molecule has 2 aromatic heterocycles. The molecule has 0 bridgehead atoms. The number of para-hydroxylation sites is 1. The van der Waals surface area contributed by atoms with Crippen LogP contribution in [0.4, 0.5) is 0 Å². The Kier molecular flexibility index (Phi) is 5.14. The molecule has 9 aromatic carbocycles. The highest BCUT2D eigenvalue weighted by molar-refractivity contribution is 6.25. The van der Waals surface area contributed by atoms with Crippen LogP contribution in [0, 0.1) is 0 Å². The summed E-state index contributed by atoms with van der Waals surface area (Å²) in [5.74, 6) is 0. The molecule has 2 heterocycles. The Morgan fingerprint density at radius 1 is 0.312 bits per heavy atom. The summed E-state index contributed by atoms with van der Waals surface area (Å²) in [5.41, 5.74) is 8.52. The average molecular weight is 611 g/mol. The molecule has 222 valence electrons. The van der Waals surface area contributed by atoms with Crippen molar-refractivity contribution in [3.05, 3.63) is 158 Å². The molecule has 0 aliphatic heterocycles. The van der Waals surface area contributed by atoms with Gasteiger partial charge < -0.3 is 8.83 Å². The number of benzene rings is 9. The lowest BCUT2D eigenvalue weighted by Gasteiger charge is -2.16. The number of fused-ring (bicyclic) bond motifs is 12. The van der Waals surface area contributed by atoms with Gasteiger partial charge in [0.05, 0.1) is 0 Å². The first-order valence-corrected chi connectivity index (χ1v) is 16.4. The van der Waals surface area contributed by atoms with Crippen molar-refractivity contribution in [1.82, 2.24) is 0 Å². The normalized spacial score (nSPS) is 12.2. The van der Waals surface area contributed by atoms with Crippen LogP contribution in [0.3, 0.4) is 0 Å². The predicted octanol–water partition coefficient (Wildman–Crippen LogP) is 13.4. The van der Waals surface area contributed by atoms with Crippen molar-refractivity contribution in [2.24, 2.45) is 0 Å². The Hall–Kier alpha value is -6.38. The van der Waals surface area contributed by atoms with Gasteiger partial charge in [-0.05, 0) is 102 Å². The van der Waals surface area contributed by atoms with Gasteiger partial charge in [0, 0.05) is 26.9 Å². The first-order valence-electron chi connectivity index (χ1n) is 16.4. The van der Waals surface area contributed by atoms with Gasteiger partial charge in [-0.1, -0.05) is 115 Å². The molecule has 11 rings (SSSR count). The van der Waals surface area contributed by atoms with E-state index in [0.29, 0.717) is 0 Å². The van der Waals surface area contributed by atoms with E-state index < -0.39 is 0 Å². The summed E-state index contributed by atoms with van der Waals surface area (Å²) in [6, 6.07) is 56.7. The Balaban J connectivity index is 1.13. The minimum atomic E-state index is 0.890. The van der Waals surface area contributed by atoms with Gasteiger partial charge in [-0.2, -0.15) is 0 Å². The minimum absolute atomic E-state index is 0.890. The quantitative estimate of drug-likeness (QED) is 0.182. The van der Waals surface area contributed by atoms with E-state index in [0.717, 1.165) is 54.6 Å². The molecule has 0 N–H and O–H groups in total. The van der Waals surface area contributed by atoms with Crippen LogP contribution in [0.25, 0.3) is 109 Å². The van der Waals surface area contributed by atoms with Crippen molar-refractivity contribution < 1.29 is 8.83 Å². The molecule has 0 saturated heterocycles. The van der Waals surface area contributed by atoms with Crippen LogP contribution in [0.2, 0.25) is 0 Å². The van der Waals surface area contributed by atoms with E-state index in [-0.39, 0.29) is 0 Å². The molecule has 2 nitrogen and oxygen atoms in total. The minimum Gasteiger partial charge on any atom is -0.456 e. The van der Waals surface area contributed by atoms with E-state index >= 15 is 0 Å². The third kappa shape index (κ3) is 3.52. The second kappa shape index (κ2) is 9.57. The van der Waals surface area contributed by atoms with Gasteiger partial charge in [-0.3, -0.25) is 0 Å². The van der Waals surface area contributed by atoms with Crippen LogP contribution in [0.5, 0.6) is 0 Å². The smallest absolute Gasteiger partial charge is 0.143 e. The van der Waals surface area contributed by atoms with Crippen LogP contribution in [0.15, 0.2) is 167 Å². The van der Waals surface area contributed by atoms with Gasteiger partial charge in [-0.15, -0.1) is 0 Å². The highest BCUT2D eigenvalue weighted by Gasteiger charge is 2.18. The van der Waals surface area contributed by atoms with Gasteiger partial charge in [-0.25, -0.2) is 0 Å². The van der Waals surface area contributed by atoms with Gasteiger partial charge in [0.2, 0.25) is 0 Å². The van der Waals surface area contributed by atoms with Gasteiger partial charge >= 0.3 is 0 Å². The topological polar surface area (TPSA) is 26.3 Å². The predicted molar refractivity (Wildman–Crippen MR) is 202 cm³/mol. The number of rotatable bonds is 2. The fraction of sp³-hybridized carbons (Fsp3) is 0. The zero-order valence-electron chi connectivity index (χ0n) is 25.8. The standard InChI is InChI=1S/C46H26O2/c1-3-11-31-27(9-1)25-28-10-2-4-12-32(28)44(31)35-19-18-30(33-13-5-6-14-34(33)35)29-17-23-42-40(26-29)38-21-20-36-37(46(38)48-42)22-24-43-45(36)39-15-7-8-16-41(39)47-43/h1-26H. The monoisotopic (exact) mass is 610 g/mol. The molecule has 0 unspecified atom stereocenters. The molecule has 0 radical (unpaired) electrons. The van der Waals surface area contributed by atoms with Crippen molar-refractivity contribution in [1.29, 1.82) is 0 Å². The van der Waals surface area contributed by atoms with Crippen LogP contribution in [-0.2, 0) is 0 Å². The van der Waals surface area contributed by atoms with Crippen molar-refractivity contribution in [2.75, 3.05) is 0 Å². The highest BCUT2D eigenvalue weighted by Crippen LogP contribution is 2.44. The SMILES string of the molecule is c1ccc2c(-c3ccc(-c4ccc5oc6c(ccc7c6ccc6oc8ccccc8c67)c5c4)c4ccccc34)c3ccccc3cc2c1. The van der Waals surface area contributed by atoms with E-state index in [1.165, 1.54) is 54.6 Å². The van der Waals surface area contributed by atoms with Crippen LogP contribution in [0.1, 0.15) is 0 Å². The molecule has 0 aliphatic rings. The van der Waals surface area contributed by atoms with Crippen LogP contribution >= 0.6 is 0 Å². The lowest BCUT2D eigenvalue weighted by molar-refractivity contribution is 0.669. The lowest BCUT2D eigenvalue weighted by atomic mass is 9.87. The van der Waals surface area contributed by atoms with Crippen molar-refractivity contribution in [3.8, 4) is 22.3 Å². The van der Waals surface area contributed by atoms with Crippen molar-refractivity contribution >= 4 is 87.0 Å². The summed E-state index contributed by atoms with van der Waals surface area (Å²) in [4.78, 5) is 0. The third-order valence-corrected chi connectivity index (χ3v) is 10.2. The summed E-state index contributed by atoms with van der Waals surface area (Å²) in [7, 11) is 0. The summed E-state index contributed by atoms with van der Waals surface area (Å²) >= 11 is 0. The van der Waals surface area contributed by atoms with Crippen molar-refractivity contribution in [3.63, 3.8) is 0 Å². The molecule has 48 heavy (non-hydrogen) atoms. The first-order chi connectivity index (χ1) is 23.8. The van der Waals surface area contributed by atoms with E-state index in [1.54, 1.807) is 0 Å². The molecular weight excluding hydrogens is 585 g/mol. The van der Waals surface area contributed by atoms with Crippen molar-refractivity contribution in [2.45, 2.75) is 0 Å². The third-order valence-electron chi connectivity index (χ3n) is 10.2. The highest BCUT2D eigenvalue weighted by atomic mass is 16.3. The average Bonchev–Trinajstić information content (AvgIpc) is 3.72. The molecule has 0 amide bonds. The molecule has 2 heteroatoms. The molecular formula is C46H26O2. The maximum absolute atomic E-state index is 6.61. The van der Waals surface area contributed by atoms with E-state index in [2.05, 4.69) is 146 Å². The molecule has 0 atom stereocenters. The maximum atomic E-state index is 6.61. The maximum Gasteiger partial charge on any atom is 0.143 e. The zero-order valence-corrected chi connectivity index (χ0v) is 25.8. The second-order valence-corrected chi connectivity index (χ2v) is 12.8.